The van der Waals surface area contributed by atoms with Crippen molar-refractivity contribution < 1.29 is 0 Å². The van der Waals surface area contributed by atoms with Gasteiger partial charge in [-0.3, -0.25) is 4.79 Å². The summed E-state index contributed by atoms with van der Waals surface area (Å²) >= 11 is 0. The summed E-state index contributed by atoms with van der Waals surface area (Å²) in [5, 5.41) is 4.61. The van der Waals surface area contributed by atoms with Crippen LogP contribution in [-0.2, 0) is 0 Å². The van der Waals surface area contributed by atoms with E-state index in [0.717, 1.165) is 22.3 Å². The molecule has 0 radical (unpaired) electrons. The Morgan fingerprint density at radius 3 is 2.64 bits per heavy atom. The molecule has 4 N–H and O–H groups in total. The summed E-state index contributed by atoms with van der Waals surface area (Å²) in [6.45, 7) is 4.15. The molecule has 0 saturated heterocycles. The second-order valence-electron chi connectivity index (χ2n) is 5.11. The lowest BCUT2D eigenvalue weighted by molar-refractivity contribution is 1.15. The number of H-pyrrole nitrogens is 1. The number of aromatic nitrogens is 1. The SMILES string of the molecule is C=C(CN)Nc1ccc2cc(-c3ccccc3)[nH]c(=O)c2c1. The van der Waals surface area contributed by atoms with Crippen molar-refractivity contribution in [3.05, 3.63) is 77.2 Å². The summed E-state index contributed by atoms with van der Waals surface area (Å²) in [5.41, 5.74) is 8.71. The van der Waals surface area contributed by atoms with Crippen LogP contribution in [0.15, 0.2) is 71.7 Å². The van der Waals surface area contributed by atoms with Gasteiger partial charge < -0.3 is 16.0 Å². The molecule has 2 aromatic carbocycles. The normalized spacial score (nSPS) is 10.6. The summed E-state index contributed by atoms with van der Waals surface area (Å²) in [6.07, 6.45) is 0. The highest BCUT2D eigenvalue weighted by atomic mass is 16.1. The second-order valence-corrected chi connectivity index (χ2v) is 5.11. The van der Waals surface area contributed by atoms with Crippen LogP contribution < -0.4 is 16.6 Å². The predicted octanol–water partition coefficient (Wildman–Crippen LogP) is 3.08. The van der Waals surface area contributed by atoms with Crippen LogP contribution in [0.4, 0.5) is 5.69 Å². The van der Waals surface area contributed by atoms with Gasteiger partial charge in [0, 0.05) is 29.0 Å². The van der Waals surface area contributed by atoms with Gasteiger partial charge in [-0.05, 0) is 29.1 Å². The monoisotopic (exact) mass is 291 g/mol. The van der Waals surface area contributed by atoms with Crippen molar-refractivity contribution in [2.45, 2.75) is 0 Å². The quantitative estimate of drug-likeness (QED) is 0.692. The lowest BCUT2D eigenvalue weighted by atomic mass is 10.1. The van der Waals surface area contributed by atoms with Crippen LogP contribution in [0.2, 0.25) is 0 Å². The first-order valence-corrected chi connectivity index (χ1v) is 7.05. The minimum Gasteiger partial charge on any atom is -0.358 e. The van der Waals surface area contributed by atoms with Gasteiger partial charge in [-0.15, -0.1) is 0 Å². The van der Waals surface area contributed by atoms with Gasteiger partial charge >= 0.3 is 0 Å². The Morgan fingerprint density at radius 1 is 1.14 bits per heavy atom. The van der Waals surface area contributed by atoms with Crippen molar-refractivity contribution >= 4 is 16.5 Å². The van der Waals surface area contributed by atoms with E-state index in [-0.39, 0.29) is 5.56 Å². The number of aromatic amines is 1. The van der Waals surface area contributed by atoms with E-state index in [2.05, 4.69) is 16.9 Å². The molecule has 0 atom stereocenters. The molecular formula is C18H17N3O. The number of hydrogen-bond acceptors (Lipinski definition) is 3. The lowest BCUT2D eigenvalue weighted by Gasteiger charge is -2.09. The first kappa shape index (κ1) is 14.1. The Morgan fingerprint density at radius 2 is 1.91 bits per heavy atom. The van der Waals surface area contributed by atoms with E-state index in [0.29, 0.717) is 17.6 Å². The maximum atomic E-state index is 12.3. The second kappa shape index (κ2) is 5.87. The first-order valence-electron chi connectivity index (χ1n) is 7.05. The van der Waals surface area contributed by atoms with Gasteiger partial charge in [0.15, 0.2) is 0 Å². The summed E-state index contributed by atoms with van der Waals surface area (Å²) < 4.78 is 0. The van der Waals surface area contributed by atoms with Gasteiger partial charge in [-0.2, -0.15) is 0 Å². The molecule has 0 aliphatic rings. The molecule has 0 unspecified atom stereocenters. The van der Waals surface area contributed by atoms with Crippen molar-refractivity contribution in [3.63, 3.8) is 0 Å². The average molecular weight is 291 g/mol. The smallest absolute Gasteiger partial charge is 0.256 e. The van der Waals surface area contributed by atoms with Crippen LogP contribution in [-0.4, -0.2) is 11.5 Å². The molecule has 0 saturated carbocycles. The van der Waals surface area contributed by atoms with Crippen LogP contribution in [0.25, 0.3) is 22.0 Å². The Bertz CT molecular complexity index is 882. The summed E-state index contributed by atoms with van der Waals surface area (Å²) in [4.78, 5) is 15.3. The molecular weight excluding hydrogens is 274 g/mol. The number of benzene rings is 2. The van der Waals surface area contributed by atoms with Gasteiger partial charge in [0.1, 0.15) is 0 Å². The van der Waals surface area contributed by atoms with Crippen LogP contribution in [0, 0.1) is 0 Å². The van der Waals surface area contributed by atoms with E-state index >= 15 is 0 Å². The Kier molecular flexibility index (Phi) is 3.76. The van der Waals surface area contributed by atoms with Gasteiger partial charge in [0.25, 0.3) is 5.56 Å². The van der Waals surface area contributed by atoms with Crippen LogP contribution >= 0.6 is 0 Å². The number of hydrogen-bond donors (Lipinski definition) is 3. The maximum absolute atomic E-state index is 12.3. The number of rotatable bonds is 4. The lowest BCUT2D eigenvalue weighted by Crippen LogP contribution is -2.11. The number of pyridine rings is 1. The zero-order valence-corrected chi connectivity index (χ0v) is 12.1. The largest absolute Gasteiger partial charge is 0.358 e. The van der Waals surface area contributed by atoms with E-state index in [1.54, 1.807) is 0 Å². The zero-order valence-electron chi connectivity index (χ0n) is 12.1. The average Bonchev–Trinajstić information content (AvgIpc) is 2.56. The molecule has 0 fully saturated rings. The minimum atomic E-state index is -0.113. The zero-order chi connectivity index (χ0) is 15.5. The number of nitrogens with two attached hydrogens (primary N) is 1. The fourth-order valence-corrected chi connectivity index (χ4v) is 2.37. The molecule has 1 aromatic heterocycles. The minimum absolute atomic E-state index is 0.113. The highest BCUT2D eigenvalue weighted by Crippen LogP contribution is 2.22. The molecule has 3 aromatic rings. The third kappa shape index (κ3) is 2.77. The predicted molar refractivity (Wildman–Crippen MR) is 91.8 cm³/mol. The summed E-state index contributed by atoms with van der Waals surface area (Å²) in [5.74, 6) is 0. The van der Waals surface area contributed by atoms with E-state index in [9.17, 15) is 4.79 Å². The van der Waals surface area contributed by atoms with Gasteiger partial charge in [0.05, 0.1) is 0 Å². The van der Waals surface area contributed by atoms with Crippen molar-refractivity contribution in [2.75, 3.05) is 11.9 Å². The fourth-order valence-electron chi connectivity index (χ4n) is 2.37. The highest BCUT2D eigenvalue weighted by molar-refractivity contribution is 5.88. The Balaban J connectivity index is 2.07. The van der Waals surface area contributed by atoms with Crippen LogP contribution in [0.1, 0.15) is 0 Å². The standard InChI is InChI=1S/C18H17N3O/c1-12(11-19)20-15-8-7-14-9-17(13-5-3-2-4-6-13)21-18(22)16(14)10-15/h2-10,20H,1,11,19H2,(H,21,22). The molecule has 0 aliphatic carbocycles. The highest BCUT2D eigenvalue weighted by Gasteiger charge is 2.05. The van der Waals surface area contributed by atoms with Gasteiger partial charge in [-0.1, -0.05) is 43.0 Å². The maximum Gasteiger partial charge on any atom is 0.256 e. The summed E-state index contributed by atoms with van der Waals surface area (Å²) in [7, 11) is 0. The van der Waals surface area contributed by atoms with Gasteiger partial charge in [-0.25, -0.2) is 0 Å². The number of nitrogens with one attached hydrogen (secondary N) is 2. The molecule has 22 heavy (non-hydrogen) atoms. The third-order valence-electron chi connectivity index (χ3n) is 3.50. The molecule has 0 spiro atoms. The van der Waals surface area contributed by atoms with Crippen molar-refractivity contribution in [1.82, 2.24) is 4.98 Å². The number of anilines is 1. The number of fused-ring (bicyclic) bond motifs is 1. The summed E-state index contributed by atoms with van der Waals surface area (Å²) in [6, 6.07) is 17.4. The molecule has 4 nitrogen and oxygen atoms in total. The van der Waals surface area contributed by atoms with Crippen molar-refractivity contribution in [3.8, 4) is 11.3 Å². The van der Waals surface area contributed by atoms with E-state index in [1.165, 1.54) is 0 Å². The third-order valence-corrected chi connectivity index (χ3v) is 3.50. The van der Waals surface area contributed by atoms with E-state index < -0.39 is 0 Å². The molecule has 110 valence electrons. The Hall–Kier alpha value is -2.85. The fraction of sp³-hybridized carbons (Fsp3) is 0.0556. The van der Waals surface area contributed by atoms with Crippen LogP contribution in [0.5, 0.6) is 0 Å². The van der Waals surface area contributed by atoms with Crippen molar-refractivity contribution in [2.24, 2.45) is 5.73 Å². The molecule has 0 bridgehead atoms. The van der Waals surface area contributed by atoms with E-state index in [4.69, 9.17) is 5.73 Å². The first-order chi connectivity index (χ1) is 10.7. The molecule has 0 aliphatic heterocycles. The van der Waals surface area contributed by atoms with Crippen molar-refractivity contribution in [1.29, 1.82) is 0 Å². The molecule has 0 amide bonds. The molecule has 1 heterocycles. The topological polar surface area (TPSA) is 70.9 Å². The van der Waals surface area contributed by atoms with E-state index in [1.807, 2.05) is 54.6 Å². The molecule has 3 rings (SSSR count). The van der Waals surface area contributed by atoms with Crippen LogP contribution in [0.3, 0.4) is 0 Å². The molecule has 4 heteroatoms. The van der Waals surface area contributed by atoms with Gasteiger partial charge in [0.2, 0.25) is 0 Å². The Labute approximate surface area is 128 Å².